The molecule has 0 bridgehead atoms. The number of anilines is 1. The summed E-state index contributed by atoms with van der Waals surface area (Å²) in [5, 5.41) is 0. The minimum atomic E-state index is -0.176. The standard InChI is InChI=1S/C20H20N4O3/c1-26-17-9-14-5-8-24(12-15(14)10-18(17)27-2)20-22-16(11-19(25)23-20)13-3-6-21-7-4-13/h3-4,6-7,9-11H,5,8,12H2,1-2H3,(H,22,23,25). The third-order valence-electron chi connectivity index (χ3n) is 4.72. The Morgan fingerprint density at radius 3 is 2.44 bits per heavy atom. The molecule has 0 saturated heterocycles. The minimum Gasteiger partial charge on any atom is -0.493 e. The van der Waals surface area contributed by atoms with E-state index in [1.807, 2.05) is 24.3 Å². The van der Waals surface area contributed by atoms with Gasteiger partial charge in [0.15, 0.2) is 11.5 Å². The van der Waals surface area contributed by atoms with Gasteiger partial charge >= 0.3 is 0 Å². The number of hydrogen-bond acceptors (Lipinski definition) is 6. The summed E-state index contributed by atoms with van der Waals surface area (Å²) in [5.41, 5.74) is 3.67. The predicted octanol–water partition coefficient (Wildman–Crippen LogP) is 2.41. The molecule has 27 heavy (non-hydrogen) atoms. The van der Waals surface area contributed by atoms with Crippen molar-refractivity contribution in [2.24, 2.45) is 0 Å². The summed E-state index contributed by atoms with van der Waals surface area (Å²) in [6, 6.07) is 9.20. The van der Waals surface area contributed by atoms with E-state index in [-0.39, 0.29) is 5.56 Å². The van der Waals surface area contributed by atoms with E-state index in [1.54, 1.807) is 26.6 Å². The Hall–Kier alpha value is -3.35. The fourth-order valence-electron chi connectivity index (χ4n) is 3.33. The highest BCUT2D eigenvalue weighted by Crippen LogP contribution is 2.34. The van der Waals surface area contributed by atoms with Crippen molar-refractivity contribution in [2.75, 3.05) is 25.7 Å². The van der Waals surface area contributed by atoms with Gasteiger partial charge in [-0.1, -0.05) is 0 Å². The number of benzene rings is 1. The van der Waals surface area contributed by atoms with Crippen LogP contribution < -0.4 is 19.9 Å². The number of methoxy groups -OCH3 is 2. The first-order valence-corrected chi connectivity index (χ1v) is 8.68. The number of fused-ring (bicyclic) bond motifs is 1. The Balaban J connectivity index is 1.68. The first kappa shape index (κ1) is 17.1. The number of pyridine rings is 1. The highest BCUT2D eigenvalue weighted by molar-refractivity contribution is 5.59. The number of nitrogens with zero attached hydrogens (tertiary/aromatic N) is 3. The zero-order chi connectivity index (χ0) is 18.8. The lowest BCUT2D eigenvalue weighted by atomic mass is 9.99. The normalized spacial score (nSPS) is 13.2. The molecule has 4 rings (SSSR count). The van der Waals surface area contributed by atoms with Crippen LogP contribution in [0.2, 0.25) is 0 Å². The molecule has 0 spiro atoms. The molecule has 7 nitrogen and oxygen atoms in total. The lowest BCUT2D eigenvalue weighted by Gasteiger charge is -2.30. The Bertz CT molecular complexity index is 1020. The van der Waals surface area contributed by atoms with Crippen molar-refractivity contribution in [1.82, 2.24) is 15.0 Å². The Kier molecular flexibility index (Phi) is 4.50. The van der Waals surface area contributed by atoms with Crippen molar-refractivity contribution in [3.8, 4) is 22.8 Å². The van der Waals surface area contributed by atoms with Crippen molar-refractivity contribution in [3.05, 3.63) is 64.2 Å². The largest absolute Gasteiger partial charge is 0.493 e. The van der Waals surface area contributed by atoms with Crippen molar-refractivity contribution >= 4 is 5.95 Å². The Labute approximate surface area is 156 Å². The van der Waals surface area contributed by atoms with Crippen LogP contribution in [-0.4, -0.2) is 35.7 Å². The van der Waals surface area contributed by atoms with E-state index in [9.17, 15) is 4.79 Å². The van der Waals surface area contributed by atoms with Gasteiger partial charge in [0.25, 0.3) is 5.56 Å². The van der Waals surface area contributed by atoms with E-state index in [2.05, 4.69) is 19.9 Å². The van der Waals surface area contributed by atoms with Crippen LogP contribution in [0.25, 0.3) is 11.3 Å². The second kappa shape index (κ2) is 7.11. The smallest absolute Gasteiger partial charge is 0.252 e. The van der Waals surface area contributed by atoms with Gasteiger partial charge in [0.2, 0.25) is 5.95 Å². The first-order chi connectivity index (χ1) is 13.2. The summed E-state index contributed by atoms with van der Waals surface area (Å²) in [6.07, 6.45) is 4.21. The summed E-state index contributed by atoms with van der Waals surface area (Å²) in [4.78, 5) is 25.8. The van der Waals surface area contributed by atoms with Gasteiger partial charge < -0.3 is 14.4 Å². The molecule has 1 aromatic carbocycles. The lowest BCUT2D eigenvalue weighted by Crippen LogP contribution is -2.33. The Morgan fingerprint density at radius 2 is 1.74 bits per heavy atom. The maximum Gasteiger partial charge on any atom is 0.252 e. The van der Waals surface area contributed by atoms with E-state index in [4.69, 9.17) is 9.47 Å². The van der Waals surface area contributed by atoms with Crippen LogP contribution in [0.15, 0.2) is 47.5 Å². The molecule has 1 aliphatic heterocycles. The highest BCUT2D eigenvalue weighted by atomic mass is 16.5. The van der Waals surface area contributed by atoms with Crippen LogP contribution >= 0.6 is 0 Å². The second-order valence-corrected chi connectivity index (χ2v) is 6.34. The van der Waals surface area contributed by atoms with Gasteiger partial charge in [-0.15, -0.1) is 0 Å². The predicted molar refractivity (Wildman–Crippen MR) is 102 cm³/mol. The van der Waals surface area contributed by atoms with Gasteiger partial charge in [0, 0.05) is 37.1 Å². The van der Waals surface area contributed by atoms with Gasteiger partial charge in [-0.25, -0.2) is 4.98 Å². The van der Waals surface area contributed by atoms with E-state index < -0.39 is 0 Å². The van der Waals surface area contributed by atoms with Crippen LogP contribution in [0.5, 0.6) is 11.5 Å². The second-order valence-electron chi connectivity index (χ2n) is 6.34. The van der Waals surface area contributed by atoms with Gasteiger partial charge in [0.05, 0.1) is 19.9 Å². The van der Waals surface area contributed by atoms with Gasteiger partial charge in [-0.05, 0) is 41.8 Å². The maximum absolute atomic E-state index is 12.2. The molecule has 3 heterocycles. The summed E-state index contributed by atoms with van der Waals surface area (Å²) in [6.45, 7) is 1.39. The van der Waals surface area contributed by atoms with Crippen LogP contribution in [-0.2, 0) is 13.0 Å². The van der Waals surface area contributed by atoms with Crippen LogP contribution in [0.1, 0.15) is 11.1 Å². The molecule has 0 saturated carbocycles. The van der Waals surface area contributed by atoms with Crippen molar-refractivity contribution in [2.45, 2.75) is 13.0 Å². The molecule has 0 unspecified atom stereocenters. The average molecular weight is 364 g/mol. The molecule has 1 aliphatic rings. The number of aromatic amines is 1. The minimum absolute atomic E-state index is 0.176. The number of aromatic nitrogens is 3. The third kappa shape index (κ3) is 3.36. The van der Waals surface area contributed by atoms with Crippen molar-refractivity contribution in [3.63, 3.8) is 0 Å². The highest BCUT2D eigenvalue weighted by Gasteiger charge is 2.21. The molecule has 0 radical (unpaired) electrons. The number of H-pyrrole nitrogens is 1. The summed E-state index contributed by atoms with van der Waals surface area (Å²) in [5.74, 6) is 2.00. The number of rotatable bonds is 4. The molecule has 0 aliphatic carbocycles. The Morgan fingerprint density at radius 1 is 1.04 bits per heavy atom. The fourth-order valence-corrected chi connectivity index (χ4v) is 3.33. The van der Waals surface area contributed by atoms with Crippen LogP contribution in [0, 0.1) is 0 Å². The van der Waals surface area contributed by atoms with Crippen LogP contribution in [0.3, 0.4) is 0 Å². The van der Waals surface area contributed by atoms with E-state index in [0.717, 1.165) is 29.8 Å². The van der Waals surface area contributed by atoms with Gasteiger partial charge in [0.1, 0.15) is 0 Å². The quantitative estimate of drug-likeness (QED) is 0.766. The first-order valence-electron chi connectivity index (χ1n) is 8.68. The molecular weight excluding hydrogens is 344 g/mol. The molecule has 0 fully saturated rings. The van der Waals surface area contributed by atoms with Crippen molar-refractivity contribution < 1.29 is 9.47 Å². The van der Waals surface area contributed by atoms with Gasteiger partial charge in [-0.2, -0.15) is 0 Å². The fraction of sp³-hybridized carbons (Fsp3) is 0.250. The third-order valence-corrected chi connectivity index (χ3v) is 4.72. The summed E-state index contributed by atoms with van der Waals surface area (Å²) in [7, 11) is 3.26. The molecule has 2 aromatic heterocycles. The monoisotopic (exact) mass is 364 g/mol. The summed E-state index contributed by atoms with van der Waals surface area (Å²) < 4.78 is 10.8. The molecule has 7 heteroatoms. The molecule has 0 atom stereocenters. The molecular formula is C20H20N4O3. The molecule has 138 valence electrons. The average Bonchev–Trinajstić information content (AvgIpc) is 2.72. The molecule has 3 aromatic rings. The SMILES string of the molecule is COc1cc2c(cc1OC)CN(c1nc(-c3ccncc3)cc(=O)[nH]1)CC2. The number of ether oxygens (including phenoxy) is 2. The lowest BCUT2D eigenvalue weighted by molar-refractivity contribution is 0.353. The van der Waals surface area contributed by atoms with E-state index in [1.165, 1.54) is 11.6 Å². The maximum atomic E-state index is 12.2. The summed E-state index contributed by atoms with van der Waals surface area (Å²) >= 11 is 0. The zero-order valence-electron chi connectivity index (χ0n) is 15.2. The topological polar surface area (TPSA) is 80.3 Å². The van der Waals surface area contributed by atoms with Gasteiger partial charge in [-0.3, -0.25) is 14.8 Å². The molecule has 1 N–H and O–H groups in total. The number of hydrogen-bond donors (Lipinski definition) is 1. The van der Waals surface area contributed by atoms with E-state index >= 15 is 0 Å². The van der Waals surface area contributed by atoms with Crippen LogP contribution in [0.4, 0.5) is 5.95 Å². The molecule has 0 amide bonds. The number of nitrogens with one attached hydrogen (secondary N) is 1. The zero-order valence-corrected chi connectivity index (χ0v) is 15.2. The van der Waals surface area contributed by atoms with Crippen molar-refractivity contribution in [1.29, 1.82) is 0 Å². The van der Waals surface area contributed by atoms with E-state index in [0.29, 0.717) is 23.9 Å².